The summed E-state index contributed by atoms with van der Waals surface area (Å²) in [6.45, 7) is 0.454. The number of hydrogen-bond acceptors (Lipinski definition) is 6. The van der Waals surface area contributed by atoms with E-state index in [0.717, 1.165) is 5.39 Å². The van der Waals surface area contributed by atoms with Crippen molar-refractivity contribution in [3.8, 4) is 11.5 Å². The second-order valence-electron chi connectivity index (χ2n) is 9.01. The Morgan fingerprint density at radius 2 is 1.84 bits per heavy atom. The highest BCUT2D eigenvalue weighted by Gasteiger charge is 2.46. The fraction of sp³-hybridized carbons (Fsp3) is 0.333. The van der Waals surface area contributed by atoms with E-state index in [4.69, 9.17) is 5.73 Å². The van der Waals surface area contributed by atoms with E-state index in [-0.39, 0.29) is 55.4 Å². The summed E-state index contributed by atoms with van der Waals surface area (Å²) in [4.78, 5) is 19.8. The Hall–Kier alpha value is -2.99. The standard InChI is InChI=1S/C24H24F3N7O.2ClH/c1-32(2)23(35)15-4-3-14-5-7-18(29-19(14)11-15)22-31-30-20-8-6-16(12-34(20)22)21(24(25,26)27)33-10-9-17(28)13-33;;/h3-8,11-12,17,21H,9-10,13,28H2,1-2H3;2*1H/t17-,21+;;/m0../s1. The molecule has 1 amide bonds. The van der Waals surface area contributed by atoms with Crippen LogP contribution in [0.2, 0.25) is 0 Å². The molecule has 13 heteroatoms. The van der Waals surface area contributed by atoms with Crippen LogP contribution in [-0.4, -0.2) is 74.7 Å². The van der Waals surface area contributed by atoms with Gasteiger partial charge in [0.2, 0.25) is 0 Å². The van der Waals surface area contributed by atoms with Crippen molar-refractivity contribution < 1.29 is 18.0 Å². The molecular weight excluding hydrogens is 530 g/mol. The zero-order valence-corrected chi connectivity index (χ0v) is 21.6. The molecule has 1 fully saturated rings. The molecule has 37 heavy (non-hydrogen) atoms. The van der Waals surface area contributed by atoms with Crippen molar-refractivity contribution >= 4 is 47.3 Å². The minimum Gasteiger partial charge on any atom is -0.345 e. The van der Waals surface area contributed by atoms with E-state index in [2.05, 4.69) is 15.2 Å². The third-order valence-electron chi connectivity index (χ3n) is 6.25. The first-order valence-corrected chi connectivity index (χ1v) is 11.2. The van der Waals surface area contributed by atoms with E-state index in [1.54, 1.807) is 38.4 Å². The van der Waals surface area contributed by atoms with Crippen LogP contribution in [0.3, 0.4) is 0 Å². The van der Waals surface area contributed by atoms with Gasteiger partial charge >= 0.3 is 6.18 Å². The summed E-state index contributed by atoms with van der Waals surface area (Å²) in [5, 5.41) is 9.12. The van der Waals surface area contributed by atoms with E-state index in [9.17, 15) is 18.0 Å². The number of amides is 1. The van der Waals surface area contributed by atoms with Crippen molar-refractivity contribution in [2.24, 2.45) is 5.73 Å². The second-order valence-corrected chi connectivity index (χ2v) is 9.01. The fourth-order valence-electron chi connectivity index (χ4n) is 4.53. The van der Waals surface area contributed by atoms with Crippen LogP contribution in [0.25, 0.3) is 28.1 Å². The van der Waals surface area contributed by atoms with Gasteiger partial charge in [0.25, 0.3) is 5.91 Å². The SMILES string of the molecule is CN(C)C(=O)c1ccc2ccc(-c3nnc4ccc([C@@H](N5CC[C@H](N)C5)C(F)(F)F)cn34)nc2c1.Cl.Cl. The monoisotopic (exact) mass is 555 g/mol. The Balaban J connectivity index is 0.00000190. The normalized spacial score (nSPS) is 16.9. The molecule has 1 aliphatic heterocycles. The predicted octanol–water partition coefficient (Wildman–Crippen LogP) is 4.13. The number of carbonyl (C=O) groups excluding carboxylic acids is 1. The van der Waals surface area contributed by atoms with Crippen LogP contribution >= 0.6 is 24.8 Å². The molecule has 4 aromatic rings. The van der Waals surface area contributed by atoms with Crippen molar-refractivity contribution in [1.29, 1.82) is 0 Å². The molecule has 2 N–H and O–H groups in total. The molecule has 1 saturated heterocycles. The molecule has 3 aromatic heterocycles. The van der Waals surface area contributed by atoms with E-state index in [1.165, 1.54) is 32.5 Å². The molecule has 4 heterocycles. The minimum atomic E-state index is -4.47. The van der Waals surface area contributed by atoms with Crippen LogP contribution in [0, 0.1) is 0 Å². The van der Waals surface area contributed by atoms with Gasteiger partial charge in [-0.25, -0.2) is 4.98 Å². The van der Waals surface area contributed by atoms with Gasteiger partial charge in [-0.05, 0) is 36.2 Å². The van der Waals surface area contributed by atoms with Crippen molar-refractivity contribution in [2.45, 2.75) is 24.7 Å². The maximum Gasteiger partial charge on any atom is 0.408 e. The maximum atomic E-state index is 14.1. The molecule has 1 aromatic carbocycles. The van der Waals surface area contributed by atoms with Crippen molar-refractivity contribution in [2.75, 3.05) is 27.2 Å². The van der Waals surface area contributed by atoms with E-state index in [0.29, 0.717) is 34.7 Å². The summed E-state index contributed by atoms with van der Waals surface area (Å²) in [6.07, 6.45) is -2.53. The van der Waals surface area contributed by atoms with Gasteiger partial charge in [-0.3, -0.25) is 14.1 Å². The first-order chi connectivity index (χ1) is 16.6. The van der Waals surface area contributed by atoms with Crippen LogP contribution in [0.5, 0.6) is 0 Å². The van der Waals surface area contributed by atoms with Gasteiger partial charge in [0.1, 0.15) is 11.7 Å². The lowest BCUT2D eigenvalue weighted by Gasteiger charge is -2.30. The van der Waals surface area contributed by atoms with Crippen LogP contribution in [0.15, 0.2) is 48.7 Å². The Morgan fingerprint density at radius 1 is 1.11 bits per heavy atom. The highest BCUT2D eigenvalue weighted by Crippen LogP contribution is 2.39. The number of nitrogens with zero attached hydrogens (tertiary/aromatic N) is 6. The minimum absolute atomic E-state index is 0. The lowest BCUT2D eigenvalue weighted by atomic mass is 10.1. The summed E-state index contributed by atoms with van der Waals surface area (Å²) < 4.78 is 43.8. The number of hydrogen-bond donors (Lipinski definition) is 1. The number of rotatable bonds is 4. The summed E-state index contributed by atoms with van der Waals surface area (Å²) in [5.74, 6) is 0.156. The smallest absolute Gasteiger partial charge is 0.345 e. The third kappa shape index (κ3) is 5.49. The third-order valence-corrected chi connectivity index (χ3v) is 6.25. The molecule has 0 spiro atoms. The Labute approximate surface area is 223 Å². The quantitative estimate of drug-likeness (QED) is 0.407. The van der Waals surface area contributed by atoms with Gasteiger partial charge < -0.3 is 10.6 Å². The lowest BCUT2D eigenvalue weighted by molar-refractivity contribution is -0.183. The van der Waals surface area contributed by atoms with Crippen molar-refractivity contribution in [1.82, 2.24) is 29.4 Å². The Morgan fingerprint density at radius 3 is 2.49 bits per heavy atom. The number of aromatic nitrogens is 4. The summed E-state index contributed by atoms with van der Waals surface area (Å²) >= 11 is 0. The summed E-state index contributed by atoms with van der Waals surface area (Å²) in [6, 6.07) is 9.68. The molecule has 8 nitrogen and oxygen atoms in total. The number of halogens is 5. The number of pyridine rings is 2. The van der Waals surface area contributed by atoms with Gasteiger partial charge in [0.05, 0.1) is 5.52 Å². The molecule has 5 rings (SSSR count). The van der Waals surface area contributed by atoms with Gasteiger partial charge in [0.15, 0.2) is 11.5 Å². The molecule has 198 valence electrons. The predicted molar refractivity (Wildman–Crippen MR) is 139 cm³/mol. The van der Waals surface area contributed by atoms with E-state index in [1.807, 2.05) is 6.07 Å². The van der Waals surface area contributed by atoms with Gasteiger partial charge in [0, 0.05) is 50.4 Å². The van der Waals surface area contributed by atoms with Crippen LogP contribution in [0.4, 0.5) is 13.2 Å². The van der Waals surface area contributed by atoms with Gasteiger partial charge in [-0.1, -0.05) is 18.2 Å². The van der Waals surface area contributed by atoms with Crippen molar-refractivity contribution in [3.63, 3.8) is 0 Å². The molecule has 2 atom stereocenters. The first-order valence-electron chi connectivity index (χ1n) is 11.2. The molecule has 0 unspecified atom stereocenters. The largest absolute Gasteiger partial charge is 0.408 e. The highest BCUT2D eigenvalue weighted by atomic mass is 35.5. The average molecular weight is 556 g/mol. The average Bonchev–Trinajstić information content (AvgIpc) is 3.42. The number of alkyl halides is 3. The zero-order valence-electron chi connectivity index (χ0n) is 20.0. The van der Waals surface area contributed by atoms with Gasteiger partial charge in [-0.2, -0.15) is 13.2 Å². The molecule has 0 aliphatic carbocycles. The fourth-order valence-corrected chi connectivity index (χ4v) is 4.53. The van der Waals surface area contributed by atoms with Crippen LogP contribution < -0.4 is 5.73 Å². The first kappa shape index (κ1) is 28.6. The zero-order chi connectivity index (χ0) is 24.9. The van der Waals surface area contributed by atoms with Crippen LogP contribution in [-0.2, 0) is 0 Å². The van der Waals surface area contributed by atoms with E-state index >= 15 is 0 Å². The second kappa shape index (κ2) is 10.8. The van der Waals surface area contributed by atoms with Crippen molar-refractivity contribution in [3.05, 3.63) is 59.8 Å². The highest BCUT2D eigenvalue weighted by molar-refractivity contribution is 5.97. The summed E-state index contributed by atoms with van der Waals surface area (Å²) in [5.41, 5.74) is 7.86. The maximum absolute atomic E-state index is 14.1. The van der Waals surface area contributed by atoms with Crippen LogP contribution in [0.1, 0.15) is 28.4 Å². The number of nitrogens with two attached hydrogens (primary N) is 1. The molecule has 1 aliphatic rings. The van der Waals surface area contributed by atoms with E-state index < -0.39 is 12.2 Å². The lowest BCUT2D eigenvalue weighted by Crippen LogP contribution is -2.38. The number of fused-ring (bicyclic) bond motifs is 2. The molecule has 0 saturated carbocycles. The summed E-state index contributed by atoms with van der Waals surface area (Å²) in [7, 11) is 3.33. The number of benzene rings is 1. The topological polar surface area (TPSA) is 92.7 Å². The Bertz CT molecular complexity index is 1430. The number of likely N-dealkylation sites (tertiary alicyclic amines) is 1. The molecular formula is C24H26Cl2F3N7O. The Kier molecular flexibility index (Phi) is 8.33. The molecule has 0 radical (unpaired) electrons. The number of carbonyl (C=O) groups is 1. The molecule has 0 bridgehead atoms. The van der Waals surface area contributed by atoms with Gasteiger partial charge in [-0.15, -0.1) is 35.0 Å².